The Bertz CT molecular complexity index is 678. The van der Waals surface area contributed by atoms with Gasteiger partial charge in [0.2, 0.25) is 0 Å². The molecule has 0 saturated carbocycles. The smallest absolute Gasteiger partial charge is 0.127 e. The molecule has 1 fully saturated rings. The number of aliphatic hydroxyl groups excluding tert-OH is 1. The van der Waals surface area contributed by atoms with Gasteiger partial charge in [0.15, 0.2) is 0 Å². The zero-order valence-electron chi connectivity index (χ0n) is 14.2. The second-order valence-electron chi connectivity index (χ2n) is 6.59. The molecular formula is C20H24F2N2O. The van der Waals surface area contributed by atoms with Gasteiger partial charge in [-0.2, -0.15) is 0 Å². The molecule has 1 aliphatic heterocycles. The lowest BCUT2D eigenvalue weighted by atomic mass is 10.1. The lowest BCUT2D eigenvalue weighted by Crippen LogP contribution is -2.52. The Morgan fingerprint density at radius 2 is 1.72 bits per heavy atom. The van der Waals surface area contributed by atoms with Crippen molar-refractivity contribution in [1.29, 1.82) is 0 Å². The van der Waals surface area contributed by atoms with Crippen LogP contribution in [0.4, 0.5) is 8.78 Å². The summed E-state index contributed by atoms with van der Waals surface area (Å²) in [5.74, 6) is -0.407. The summed E-state index contributed by atoms with van der Waals surface area (Å²) in [5.41, 5.74) is 1.77. The van der Waals surface area contributed by atoms with Crippen molar-refractivity contribution in [3.63, 3.8) is 0 Å². The van der Waals surface area contributed by atoms with Gasteiger partial charge in [0.25, 0.3) is 0 Å². The van der Waals surface area contributed by atoms with Crippen molar-refractivity contribution in [2.45, 2.75) is 25.6 Å². The standard InChI is InChI=1S/C20H24F2N2O/c21-18-7-5-16(6-8-18)13-23-10-11-24(19(15-23)9-12-25)14-17-3-1-2-4-20(17)22/h1-8,19,25H,9-15H2/t19-/m1/s1. The number of benzene rings is 2. The van der Waals surface area contributed by atoms with Gasteiger partial charge < -0.3 is 5.11 Å². The van der Waals surface area contributed by atoms with Crippen LogP contribution in [0.5, 0.6) is 0 Å². The van der Waals surface area contributed by atoms with E-state index in [2.05, 4.69) is 9.80 Å². The summed E-state index contributed by atoms with van der Waals surface area (Å²) in [6.07, 6.45) is 0.661. The van der Waals surface area contributed by atoms with E-state index in [9.17, 15) is 13.9 Å². The van der Waals surface area contributed by atoms with Crippen LogP contribution in [0.2, 0.25) is 0 Å². The maximum atomic E-state index is 13.9. The Balaban J connectivity index is 1.63. The van der Waals surface area contributed by atoms with Gasteiger partial charge >= 0.3 is 0 Å². The Hall–Kier alpha value is -1.82. The molecular weight excluding hydrogens is 322 g/mol. The minimum atomic E-state index is -0.225. The number of rotatable bonds is 6. The highest BCUT2D eigenvalue weighted by Crippen LogP contribution is 2.19. The molecule has 1 atom stereocenters. The van der Waals surface area contributed by atoms with E-state index in [1.54, 1.807) is 6.07 Å². The molecule has 3 nitrogen and oxygen atoms in total. The number of nitrogens with zero attached hydrogens (tertiary/aromatic N) is 2. The lowest BCUT2D eigenvalue weighted by Gasteiger charge is -2.41. The molecule has 0 unspecified atom stereocenters. The highest BCUT2D eigenvalue weighted by molar-refractivity contribution is 5.18. The minimum Gasteiger partial charge on any atom is -0.396 e. The molecule has 5 heteroatoms. The monoisotopic (exact) mass is 346 g/mol. The zero-order valence-corrected chi connectivity index (χ0v) is 14.2. The average molecular weight is 346 g/mol. The largest absolute Gasteiger partial charge is 0.396 e. The quantitative estimate of drug-likeness (QED) is 0.871. The molecule has 1 aliphatic rings. The van der Waals surface area contributed by atoms with Crippen LogP contribution in [0.1, 0.15) is 17.5 Å². The summed E-state index contributed by atoms with van der Waals surface area (Å²) >= 11 is 0. The number of aliphatic hydroxyl groups is 1. The van der Waals surface area contributed by atoms with Crippen molar-refractivity contribution < 1.29 is 13.9 Å². The summed E-state index contributed by atoms with van der Waals surface area (Å²) in [6, 6.07) is 13.6. The Kier molecular flexibility index (Phi) is 6.13. The average Bonchev–Trinajstić information content (AvgIpc) is 2.61. The molecule has 25 heavy (non-hydrogen) atoms. The first kappa shape index (κ1) is 18.0. The van der Waals surface area contributed by atoms with Gasteiger partial charge in [0.1, 0.15) is 11.6 Å². The van der Waals surface area contributed by atoms with Crippen LogP contribution in [-0.4, -0.2) is 47.2 Å². The first-order valence-corrected chi connectivity index (χ1v) is 8.71. The number of piperazine rings is 1. The SMILES string of the molecule is OCC[C@@H]1CN(Cc2ccc(F)cc2)CCN1Cc1ccccc1F. The molecule has 1 heterocycles. The van der Waals surface area contributed by atoms with E-state index in [0.717, 1.165) is 31.7 Å². The number of hydrogen-bond donors (Lipinski definition) is 1. The molecule has 0 bridgehead atoms. The molecule has 2 aromatic rings. The molecule has 0 amide bonds. The zero-order chi connectivity index (χ0) is 17.6. The van der Waals surface area contributed by atoms with E-state index in [0.29, 0.717) is 18.5 Å². The third-order valence-corrected chi connectivity index (χ3v) is 4.80. The number of halogens is 2. The molecule has 1 N–H and O–H groups in total. The fourth-order valence-corrected chi connectivity index (χ4v) is 3.43. The van der Waals surface area contributed by atoms with Gasteiger partial charge in [-0.25, -0.2) is 8.78 Å². The summed E-state index contributed by atoms with van der Waals surface area (Å²) in [5, 5.41) is 9.40. The molecule has 134 valence electrons. The van der Waals surface area contributed by atoms with Crippen LogP contribution < -0.4 is 0 Å². The van der Waals surface area contributed by atoms with Crippen LogP contribution in [0, 0.1) is 11.6 Å². The van der Waals surface area contributed by atoms with Crippen molar-refractivity contribution in [3.8, 4) is 0 Å². The van der Waals surface area contributed by atoms with Gasteiger partial charge in [-0.05, 0) is 30.2 Å². The first-order valence-electron chi connectivity index (χ1n) is 8.71. The van der Waals surface area contributed by atoms with Crippen molar-refractivity contribution in [3.05, 3.63) is 71.3 Å². The van der Waals surface area contributed by atoms with E-state index < -0.39 is 0 Å². The second-order valence-corrected chi connectivity index (χ2v) is 6.59. The van der Waals surface area contributed by atoms with Crippen LogP contribution in [0.25, 0.3) is 0 Å². The second kappa shape index (κ2) is 8.52. The highest BCUT2D eigenvalue weighted by atomic mass is 19.1. The van der Waals surface area contributed by atoms with E-state index in [4.69, 9.17) is 0 Å². The van der Waals surface area contributed by atoms with Crippen LogP contribution in [-0.2, 0) is 13.1 Å². The molecule has 3 rings (SSSR count). The fraction of sp³-hybridized carbons (Fsp3) is 0.400. The maximum absolute atomic E-state index is 13.9. The summed E-state index contributed by atoms with van der Waals surface area (Å²) < 4.78 is 27.0. The normalized spacial score (nSPS) is 19.2. The summed E-state index contributed by atoms with van der Waals surface area (Å²) in [6.45, 7) is 3.93. The van der Waals surface area contributed by atoms with Gasteiger partial charge in [0.05, 0.1) is 0 Å². The van der Waals surface area contributed by atoms with Gasteiger partial charge in [-0.3, -0.25) is 9.80 Å². The molecule has 0 radical (unpaired) electrons. The van der Waals surface area contributed by atoms with Crippen molar-refractivity contribution in [1.82, 2.24) is 9.80 Å². The third kappa shape index (κ3) is 4.84. The van der Waals surface area contributed by atoms with E-state index in [-0.39, 0.29) is 24.3 Å². The summed E-state index contributed by atoms with van der Waals surface area (Å²) in [7, 11) is 0. The molecule has 1 saturated heterocycles. The lowest BCUT2D eigenvalue weighted by molar-refractivity contribution is 0.0493. The predicted octanol–water partition coefficient (Wildman–Crippen LogP) is 3.03. The molecule has 0 aliphatic carbocycles. The Morgan fingerprint density at radius 3 is 2.44 bits per heavy atom. The molecule has 0 spiro atoms. The topological polar surface area (TPSA) is 26.7 Å². The van der Waals surface area contributed by atoms with Crippen molar-refractivity contribution in [2.24, 2.45) is 0 Å². The van der Waals surface area contributed by atoms with Gasteiger partial charge in [0, 0.05) is 50.9 Å². The highest BCUT2D eigenvalue weighted by Gasteiger charge is 2.27. The Morgan fingerprint density at radius 1 is 0.960 bits per heavy atom. The minimum absolute atomic E-state index is 0.114. The first-order chi connectivity index (χ1) is 12.2. The number of hydrogen-bond acceptors (Lipinski definition) is 3. The molecule has 2 aromatic carbocycles. The maximum Gasteiger partial charge on any atom is 0.127 e. The van der Waals surface area contributed by atoms with Crippen molar-refractivity contribution >= 4 is 0 Å². The van der Waals surface area contributed by atoms with Crippen LogP contribution in [0.15, 0.2) is 48.5 Å². The predicted molar refractivity (Wildman–Crippen MR) is 94.0 cm³/mol. The van der Waals surface area contributed by atoms with E-state index in [1.807, 2.05) is 24.3 Å². The Labute approximate surface area is 147 Å². The van der Waals surface area contributed by atoms with E-state index >= 15 is 0 Å². The van der Waals surface area contributed by atoms with Crippen LogP contribution >= 0.6 is 0 Å². The van der Waals surface area contributed by atoms with Gasteiger partial charge in [-0.1, -0.05) is 30.3 Å². The third-order valence-electron chi connectivity index (χ3n) is 4.80. The molecule has 0 aromatic heterocycles. The fourth-order valence-electron chi connectivity index (χ4n) is 3.43. The van der Waals surface area contributed by atoms with Crippen LogP contribution in [0.3, 0.4) is 0 Å². The van der Waals surface area contributed by atoms with E-state index in [1.165, 1.54) is 18.2 Å². The van der Waals surface area contributed by atoms with Crippen molar-refractivity contribution in [2.75, 3.05) is 26.2 Å². The van der Waals surface area contributed by atoms with Gasteiger partial charge in [-0.15, -0.1) is 0 Å². The summed E-state index contributed by atoms with van der Waals surface area (Å²) in [4.78, 5) is 4.56.